The zero-order chi connectivity index (χ0) is 6.78. The molecule has 1 N–H and O–H groups in total. The smallest absolute Gasteiger partial charge is 0.265 e. The summed E-state index contributed by atoms with van der Waals surface area (Å²) in [6.07, 6.45) is 0. The Bertz CT molecular complexity index is 150. The number of rotatable bonds is 2. The molecule has 0 spiro atoms. The summed E-state index contributed by atoms with van der Waals surface area (Å²) in [6, 6.07) is 0. The van der Waals surface area contributed by atoms with Crippen molar-refractivity contribution in [3.63, 3.8) is 0 Å². The van der Waals surface area contributed by atoms with E-state index < -0.39 is 10.1 Å². The monoisotopic (exact) mass is 219 g/mol. The summed E-state index contributed by atoms with van der Waals surface area (Å²) < 4.78 is 28.0. The van der Waals surface area contributed by atoms with Gasteiger partial charge < -0.3 is 0 Å². The van der Waals surface area contributed by atoms with Crippen molar-refractivity contribution in [2.24, 2.45) is 0 Å². The van der Waals surface area contributed by atoms with Gasteiger partial charge in [-0.2, -0.15) is 21.0 Å². The van der Waals surface area contributed by atoms with Crippen molar-refractivity contribution >= 4 is 22.7 Å². The molecule has 0 aliphatic carbocycles. The molecule has 0 rings (SSSR count). The summed E-state index contributed by atoms with van der Waals surface area (Å²) in [5, 5.41) is -0.301. The minimum atomic E-state index is -3.80. The van der Waals surface area contributed by atoms with E-state index in [1.807, 2.05) is 0 Å². The third-order valence-electron chi connectivity index (χ3n) is 0.452. The Morgan fingerprint density at radius 3 is 2.00 bits per heavy atom. The molecule has 6 heteroatoms. The number of hydrogen-bond donors (Lipinski definition) is 2. The van der Waals surface area contributed by atoms with E-state index in [2.05, 4.69) is 12.6 Å². The van der Waals surface area contributed by atoms with E-state index >= 15 is 0 Å². The predicted octanol–water partition coefficient (Wildman–Crippen LogP) is 0.190. The molecular formula is C3H8CuO3S2. The fraction of sp³-hybridized carbons (Fsp3) is 1.00. The second kappa shape index (κ2) is 4.57. The van der Waals surface area contributed by atoms with Crippen molar-refractivity contribution in [1.82, 2.24) is 0 Å². The zero-order valence-corrected chi connectivity index (χ0v) is 7.36. The Morgan fingerprint density at radius 1 is 1.67 bits per heavy atom. The van der Waals surface area contributed by atoms with Crippen LogP contribution in [0, 0.1) is 0 Å². The average molecular weight is 220 g/mol. The van der Waals surface area contributed by atoms with Crippen LogP contribution in [-0.4, -0.2) is 24.0 Å². The van der Waals surface area contributed by atoms with Crippen LogP contribution in [0.1, 0.15) is 6.92 Å². The van der Waals surface area contributed by atoms with E-state index in [1.165, 1.54) is 0 Å². The van der Waals surface area contributed by atoms with E-state index in [9.17, 15) is 8.42 Å². The van der Waals surface area contributed by atoms with E-state index in [-0.39, 0.29) is 28.1 Å². The first-order chi connectivity index (χ1) is 3.42. The summed E-state index contributed by atoms with van der Waals surface area (Å²) >= 11 is 3.75. The maximum Gasteiger partial charge on any atom is 0.265 e. The standard InChI is InChI=1S/C3H8O3S2.Cu/c1-3(7)2-8(4,5)6;/h3,7H,2H2,1H3,(H,4,5,6);. The molecule has 1 atom stereocenters. The second-order valence-corrected chi connectivity index (χ2v) is 3.98. The molecule has 0 aromatic carbocycles. The maximum absolute atomic E-state index is 9.95. The first kappa shape index (κ1) is 12.5. The van der Waals surface area contributed by atoms with Gasteiger partial charge in [0.2, 0.25) is 0 Å². The molecule has 0 saturated heterocycles. The van der Waals surface area contributed by atoms with Crippen molar-refractivity contribution in [2.45, 2.75) is 12.2 Å². The van der Waals surface area contributed by atoms with Gasteiger partial charge in [-0.3, -0.25) is 4.55 Å². The molecule has 0 heterocycles. The molecule has 3 nitrogen and oxygen atoms in total. The fourth-order valence-corrected chi connectivity index (χ4v) is 1.48. The summed E-state index contributed by atoms with van der Waals surface area (Å²) in [6.45, 7) is 1.59. The summed E-state index contributed by atoms with van der Waals surface area (Å²) in [5.41, 5.74) is 0. The Hall–Kier alpha value is 0.779. The van der Waals surface area contributed by atoms with Gasteiger partial charge in [-0.25, -0.2) is 0 Å². The van der Waals surface area contributed by atoms with Crippen molar-refractivity contribution in [3.05, 3.63) is 0 Å². The molecule has 0 saturated carbocycles. The minimum Gasteiger partial charge on any atom is -0.286 e. The van der Waals surface area contributed by atoms with Crippen molar-refractivity contribution in [1.29, 1.82) is 0 Å². The summed E-state index contributed by atoms with van der Waals surface area (Å²) in [4.78, 5) is 0. The number of hydrogen-bond acceptors (Lipinski definition) is 3. The molecule has 0 aromatic rings. The molecule has 0 fully saturated rings. The quantitative estimate of drug-likeness (QED) is 0.396. The van der Waals surface area contributed by atoms with Crippen LogP contribution in [0.5, 0.6) is 0 Å². The molecule has 0 aliphatic heterocycles. The van der Waals surface area contributed by atoms with Crippen molar-refractivity contribution in [3.8, 4) is 0 Å². The van der Waals surface area contributed by atoms with Gasteiger partial charge in [-0.1, -0.05) is 6.92 Å². The molecule has 0 amide bonds. The largest absolute Gasteiger partial charge is 0.286 e. The van der Waals surface area contributed by atoms with Gasteiger partial charge in [0.1, 0.15) is 0 Å². The van der Waals surface area contributed by atoms with Gasteiger partial charge in [0, 0.05) is 22.3 Å². The van der Waals surface area contributed by atoms with Crippen LogP contribution in [-0.2, 0) is 27.2 Å². The third kappa shape index (κ3) is 12.1. The average Bonchev–Trinajstić information content (AvgIpc) is 1.21. The van der Waals surface area contributed by atoms with Gasteiger partial charge in [0.15, 0.2) is 0 Å². The van der Waals surface area contributed by atoms with Crippen LogP contribution >= 0.6 is 12.6 Å². The topological polar surface area (TPSA) is 54.4 Å². The molecule has 9 heavy (non-hydrogen) atoms. The number of thiol groups is 1. The normalized spacial score (nSPS) is 14.1. The molecular weight excluding hydrogens is 212 g/mol. The van der Waals surface area contributed by atoms with Crippen molar-refractivity contribution < 1.29 is 30.0 Å². The van der Waals surface area contributed by atoms with Crippen LogP contribution in [0.25, 0.3) is 0 Å². The van der Waals surface area contributed by atoms with Gasteiger partial charge in [-0.05, 0) is 0 Å². The zero-order valence-electron chi connectivity index (χ0n) is 4.71. The fourth-order valence-electron chi connectivity index (χ4n) is 0.305. The first-order valence-corrected chi connectivity index (χ1v) is 4.17. The SMILES string of the molecule is CC(S)CS(=O)(=O)O.[Cu]. The third-order valence-corrected chi connectivity index (χ3v) is 1.80. The van der Waals surface area contributed by atoms with Crippen LogP contribution in [0.3, 0.4) is 0 Å². The summed E-state index contributed by atoms with van der Waals surface area (Å²) in [5.74, 6) is -0.282. The maximum atomic E-state index is 9.95. The van der Waals surface area contributed by atoms with E-state index in [4.69, 9.17) is 4.55 Å². The Kier molecular flexibility index (Phi) is 6.33. The van der Waals surface area contributed by atoms with E-state index in [0.717, 1.165) is 0 Å². The van der Waals surface area contributed by atoms with Gasteiger partial charge in [0.25, 0.3) is 10.1 Å². The van der Waals surface area contributed by atoms with Crippen LogP contribution in [0.2, 0.25) is 0 Å². The Labute approximate surface area is 70.8 Å². The molecule has 0 bridgehead atoms. The van der Waals surface area contributed by atoms with Crippen molar-refractivity contribution in [2.75, 3.05) is 5.75 Å². The molecule has 61 valence electrons. The predicted molar refractivity (Wildman–Crippen MR) is 34.9 cm³/mol. The second-order valence-electron chi connectivity index (χ2n) is 1.60. The summed E-state index contributed by atoms with van der Waals surface area (Å²) in [7, 11) is -3.80. The van der Waals surface area contributed by atoms with E-state index in [0.29, 0.717) is 0 Å². The van der Waals surface area contributed by atoms with Gasteiger partial charge in [-0.15, -0.1) is 0 Å². The van der Waals surface area contributed by atoms with Gasteiger partial charge >= 0.3 is 0 Å². The Balaban J connectivity index is 0. The molecule has 0 aliphatic rings. The van der Waals surface area contributed by atoms with Crippen LogP contribution in [0.4, 0.5) is 0 Å². The minimum absolute atomic E-state index is 0. The Morgan fingerprint density at radius 2 is 2.00 bits per heavy atom. The van der Waals surface area contributed by atoms with E-state index in [1.54, 1.807) is 6.92 Å². The molecule has 0 aromatic heterocycles. The van der Waals surface area contributed by atoms with Gasteiger partial charge in [0.05, 0.1) is 5.75 Å². The van der Waals surface area contributed by atoms with Crippen LogP contribution < -0.4 is 0 Å². The molecule has 1 unspecified atom stereocenters. The van der Waals surface area contributed by atoms with Crippen LogP contribution in [0.15, 0.2) is 0 Å². The first-order valence-electron chi connectivity index (χ1n) is 2.05. The molecule has 1 radical (unpaired) electrons.